The third-order valence-electron chi connectivity index (χ3n) is 3.56. The van der Waals surface area contributed by atoms with E-state index in [0.717, 1.165) is 17.2 Å². The third kappa shape index (κ3) is 2.01. The lowest BCUT2D eigenvalue weighted by molar-refractivity contribution is -0.136. The van der Waals surface area contributed by atoms with E-state index in [4.69, 9.17) is 0 Å². The monoisotopic (exact) mass is 256 g/mol. The number of likely N-dealkylation sites (N-methyl/N-ethyl adjacent to an activating group) is 1. The van der Waals surface area contributed by atoms with E-state index < -0.39 is 0 Å². The van der Waals surface area contributed by atoms with Crippen molar-refractivity contribution in [3.63, 3.8) is 0 Å². The minimum absolute atomic E-state index is 0.124. The van der Waals surface area contributed by atoms with Crippen LogP contribution < -0.4 is 0 Å². The molecule has 0 saturated carbocycles. The number of aryl methyl sites for hydroxylation is 1. The first-order valence-corrected chi connectivity index (χ1v) is 6.36. The molecule has 1 amide bonds. The highest BCUT2D eigenvalue weighted by Gasteiger charge is 2.33. The van der Waals surface area contributed by atoms with Crippen LogP contribution in [0.3, 0.4) is 0 Å². The Labute approximate surface area is 111 Å². The normalized spacial score (nSPS) is 18.5. The molecule has 2 aromatic rings. The minimum atomic E-state index is -0.230. The molecule has 0 spiro atoms. The van der Waals surface area contributed by atoms with Crippen LogP contribution in [-0.4, -0.2) is 32.6 Å². The number of carbonyl (C=O) groups is 1. The van der Waals surface area contributed by atoms with Crippen molar-refractivity contribution in [1.82, 2.24) is 19.7 Å². The second kappa shape index (κ2) is 4.50. The van der Waals surface area contributed by atoms with E-state index in [2.05, 4.69) is 10.2 Å². The topological polar surface area (TPSA) is 51.0 Å². The summed E-state index contributed by atoms with van der Waals surface area (Å²) >= 11 is 0. The lowest BCUT2D eigenvalue weighted by Gasteiger charge is -2.31. The number of fused-ring (bicyclic) bond motifs is 1. The highest BCUT2D eigenvalue weighted by atomic mass is 16.2. The van der Waals surface area contributed by atoms with Gasteiger partial charge >= 0.3 is 0 Å². The molecular formula is C14H16N4O. The molecule has 5 heteroatoms. The number of carbonyl (C=O) groups excluding carboxylic acids is 1. The number of hydrogen-bond donors (Lipinski definition) is 0. The van der Waals surface area contributed by atoms with Gasteiger partial charge in [-0.25, -0.2) is 0 Å². The second-order valence-electron chi connectivity index (χ2n) is 4.93. The van der Waals surface area contributed by atoms with Crippen molar-refractivity contribution in [2.45, 2.75) is 25.9 Å². The molecule has 1 aromatic heterocycles. The molecule has 1 aliphatic rings. The number of aromatic nitrogens is 3. The first kappa shape index (κ1) is 11.9. The smallest absolute Gasteiger partial charge is 0.246 e. The average Bonchev–Trinajstić information content (AvgIpc) is 2.77. The van der Waals surface area contributed by atoms with Gasteiger partial charge in [0.15, 0.2) is 5.82 Å². The van der Waals surface area contributed by atoms with Gasteiger partial charge < -0.3 is 9.47 Å². The number of nitrogens with zero attached hydrogens (tertiary/aromatic N) is 4. The number of rotatable bonds is 2. The van der Waals surface area contributed by atoms with Crippen LogP contribution in [0, 0.1) is 6.92 Å². The van der Waals surface area contributed by atoms with Gasteiger partial charge in [-0.3, -0.25) is 4.79 Å². The van der Waals surface area contributed by atoms with Gasteiger partial charge in [-0.15, -0.1) is 10.2 Å². The van der Waals surface area contributed by atoms with Crippen molar-refractivity contribution in [2.24, 2.45) is 0 Å². The SMILES string of the molecule is Cc1nnc2n1[C@H](Cc1ccccc1)C(=O)N(C)C2. The van der Waals surface area contributed by atoms with Crippen molar-refractivity contribution in [1.29, 1.82) is 0 Å². The Morgan fingerprint density at radius 3 is 2.74 bits per heavy atom. The quantitative estimate of drug-likeness (QED) is 0.814. The van der Waals surface area contributed by atoms with Crippen LogP contribution in [0.4, 0.5) is 0 Å². The molecule has 0 saturated heterocycles. The second-order valence-corrected chi connectivity index (χ2v) is 4.93. The molecule has 0 fully saturated rings. The zero-order valence-electron chi connectivity index (χ0n) is 11.1. The number of benzene rings is 1. The molecule has 0 unspecified atom stereocenters. The molecule has 2 heterocycles. The molecule has 1 aromatic carbocycles. The summed E-state index contributed by atoms with van der Waals surface area (Å²) in [6.07, 6.45) is 0.676. The third-order valence-corrected chi connectivity index (χ3v) is 3.56. The molecule has 19 heavy (non-hydrogen) atoms. The Morgan fingerprint density at radius 2 is 2.00 bits per heavy atom. The van der Waals surface area contributed by atoms with E-state index in [0.29, 0.717) is 13.0 Å². The molecule has 0 N–H and O–H groups in total. The van der Waals surface area contributed by atoms with Crippen LogP contribution in [0.25, 0.3) is 0 Å². The van der Waals surface area contributed by atoms with Gasteiger partial charge in [-0.1, -0.05) is 30.3 Å². The summed E-state index contributed by atoms with van der Waals surface area (Å²) in [7, 11) is 1.81. The van der Waals surface area contributed by atoms with Crippen molar-refractivity contribution in [3.05, 3.63) is 47.5 Å². The van der Waals surface area contributed by atoms with E-state index >= 15 is 0 Å². The first-order valence-electron chi connectivity index (χ1n) is 6.36. The van der Waals surface area contributed by atoms with Crippen molar-refractivity contribution in [3.8, 4) is 0 Å². The maximum Gasteiger partial charge on any atom is 0.246 e. The van der Waals surface area contributed by atoms with Crippen LogP contribution >= 0.6 is 0 Å². The van der Waals surface area contributed by atoms with Crippen LogP contribution in [-0.2, 0) is 17.8 Å². The van der Waals surface area contributed by atoms with Gasteiger partial charge in [-0.05, 0) is 12.5 Å². The van der Waals surface area contributed by atoms with Crippen LogP contribution in [0.5, 0.6) is 0 Å². The van der Waals surface area contributed by atoms with E-state index in [9.17, 15) is 4.79 Å². The van der Waals surface area contributed by atoms with E-state index in [1.54, 1.807) is 4.90 Å². The van der Waals surface area contributed by atoms with Crippen LogP contribution in [0.1, 0.15) is 23.3 Å². The number of amides is 1. The standard InChI is InChI=1S/C14H16N4O/c1-10-15-16-13-9-17(2)14(19)12(18(10)13)8-11-6-4-3-5-7-11/h3-7,12H,8-9H2,1-2H3/t12-/m1/s1. The lowest BCUT2D eigenvalue weighted by Crippen LogP contribution is -2.41. The zero-order valence-corrected chi connectivity index (χ0v) is 11.1. The van der Waals surface area contributed by atoms with Crippen LogP contribution in [0.2, 0.25) is 0 Å². The summed E-state index contributed by atoms with van der Waals surface area (Å²) < 4.78 is 1.97. The van der Waals surface area contributed by atoms with Gasteiger partial charge in [0.1, 0.15) is 11.9 Å². The van der Waals surface area contributed by atoms with E-state index in [1.807, 2.05) is 48.9 Å². The maximum atomic E-state index is 12.4. The summed E-state index contributed by atoms with van der Waals surface area (Å²) in [6, 6.07) is 9.82. The predicted octanol–water partition coefficient (Wildman–Crippen LogP) is 1.34. The Kier molecular flexibility index (Phi) is 2.81. The van der Waals surface area contributed by atoms with Gasteiger partial charge in [0.05, 0.1) is 6.54 Å². The van der Waals surface area contributed by atoms with Crippen molar-refractivity contribution < 1.29 is 4.79 Å². The van der Waals surface area contributed by atoms with Crippen molar-refractivity contribution >= 4 is 5.91 Å². The van der Waals surface area contributed by atoms with E-state index in [1.165, 1.54) is 0 Å². The minimum Gasteiger partial charge on any atom is -0.336 e. The first-order chi connectivity index (χ1) is 9.16. The van der Waals surface area contributed by atoms with Gasteiger partial charge in [0.2, 0.25) is 5.91 Å². The fourth-order valence-corrected chi connectivity index (χ4v) is 2.60. The summed E-state index contributed by atoms with van der Waals surface area (Å²) in [5, 5.41) is 8.25. The Hall–Kier alpha value is -2.17. The van der Waals surface area contributed by atoms with E-state index in [-0.39, 0.29) is 11.9 Å². The summed E-state index contributed by atoms with van der Waals surface area (Å²) in [4.78, 5) is 14.1. The summed E-state index contributed by atoms with van der Waals surface area (Å²) in [5.41, 5.74) is 1.15. The molecule has 5 nitrogen and oxygen atoms in total. The van der Waals surface area contributed by atoms with Crippen molar-refractivity contribution in [2.75, 3.05) is 7.05 Å². The molecular weight excluding hydrogens is 240 g/mol. The molecule has 98 valence electrons. The molecule has 1 aliphatic heterocycles. The lowest BCUT2D eigenvalue weighted by atomic mass is 10.0. The molecule has 3 rings (SSSR count). The molecule has 1 atom stereocenters. The molecule has 0 radical (unpaired) electrons. The number of hydrogen-bond acceptors (Lipinski definition) is 3. The van der Waals surface area contributed by atoms with Gasteiger partial charge in [0.25, 0.3) is 0 Å². The highest BCUT2D eigenvalue weighted by Crippen LogP contribution is 2.25. The highest BCUT2D eigenvalue weighted by molar-refractivity contribution is 5.81. The van der Waals surface area contributed by atoms with Crippen LogP contribution in [0.15, 0.2) is 30.3 Å². The summed E-state index contributed by atoms with van der Waals surface area (Å²) in [5.74, 6) is 1.79. The maximum absolute atomic E-state index is 12.4. The largest absolute Gasteiger partial charge is 0.336 e. The Morgan fingerprint density at radius 1 is 1.26 bits per heavy atom. The van der Waals surface area contributed by atoms with Gasteiger partial charge in [0, 0.05) is 13.5 Å². The fraction of sp³-hybridized carbons (Fsp3) is 0.357. The Bertz CT molecular complexity index is 605. The molecule has 0 aliphatic carbocycles. The summed E-state index contributed by atoms with van der Waals surface area (Å²) in [6.45, 7) is 2.43. The predicted molar refractivity (Wildman–Crippen MR) is 70.4 cm³/mol. The average molecular weight is 256 g/mol. The fourth-order valence-electron chi connectivity index (χ4n) is 2.60. The molecule has 0 bridgehead atoms. The zero-order chi connectivity index (χ0) is 13.4. The Balaban J connectivity index is 1.99. The van der Waals surface area contributed by atoms with Gasteiger partial charge in [-0.2, -0.15) is 0 Å².